The molecule has 0 unspecified atom stereocenters. The summed E-state index contributed by atoms with van der Waals surface area (Å²) >= 11 is 0. The summed E-state index contributed by atoms with van der Waals surface area (Å²) in [5.41, 5.74) is 2.57. The Hall–Kier alpha value is -2.86. The molecule has 1 atom stereocenters. The first-order chi connectivity index (χ1) is 12.9. The van der Waals surface area contributed by atoms with E-state index in [0.717, 1.165) is 18.9 Å². The minimum Gasteiger partial charge on any atom is -0.324 e. The first-order valence-electron chi connectivity index (χ1n) is 9.00. The van der Waals surface area contributed by atoms with Crippen LogP contribution in [-0.2, 0) is 6.54 Å². The van der Waals surface area contributed by atoms with Gasteiger partial charge in [0.2, 0.25) is 0 Å². The molecule has 6 nitrogen and oxygen atoms in total. The van der Waals surface area contributed by atoms with Crippen molar-refractivity contribution in [1.29, 1.82) is 0 Å². The van der Waals surface area contributed by atoms with Crippen LogP contribution in [0.3, 0.4) is 0 Å². The lowest BCUT2D eigenvalue weighted by Crippen LogP contribution is -2.33. The van der Waals surface area contributed by atoms with E-state index in [1.807, 2.05) is 24.7 Å². The van der Waals surface area contributed by atoms with Crippen LogP contribution in [0.15, 0.2) is 61.4 Å². The third-order valence-corrected chi connectivity index (χ3v) is 4.74. The van der Waals surface area contributed by atoms with E-state index >= 15 is 0 Å². The van der Waals surface area contributed by atoms with E-state index in [4.69, 9.17) is 0 Å². The molecular weight excluding hydrogens is 324 g/mol. The molecule has 4 rings (SSSR count). The van der Waals surface area contributed by atoms with Crippen molar-refractivity contribution in [2.24, 2.45) is 0 Å². The molecule has 0 radical (unpaired) electrons. The van der Waals surface area contributed by atoms with E-state index in [0.29, 0.717) is 11.9 Å². The SMILES string of the molecule is c1cc(CN2CCCC[C@H]2c2ccc(Nc3cnccn3)nc2)ccn1. The predicted molar refractivity (Wildman–Crippen MR) is 101 cm³/mol. The Bertz CT molecular complexity index is 807. The molecule has 0 amide bonds. The molecule has 0 spiro atoms. The molecule has 4 heterocycles. The number of hydrogen-bond acceptors (Lipinski definition) is 6. The Morgan fingerprint density at radius 3 is 2.58 bits per heavy atom. The topological polar surface area (TPSA) is 66.8 Å². The van der Waals surface area contributed by atoms with Gasteiger partial charge in [-0.25, -0.2) is 9.97 Å². The summed E-state index contributed by atoms with van der Waals surface area (Å²) in [5.74, 6) is 1.48. The number of anilines is 2. The van der Waals surface area contributed by atoms with Gasteiger partial charge in [0.1, 0.15) is 11.6 Å². The minimum absolute atomic E-state index is 0.412. The molecule has 1 aliphatic heterocycles. The van der Waals surface area contributed by atoms with Crippen LogP contribution >= 0.6 is 0 Å². The molecule has 3 aromatic rings. The lowest BCUT2D eigenvalue weighted by Gasteiger charge is -2.36. The molecule has 132 valence electrons. The highest BCUT2D eigenvalue weighted by Crippen LogP contribution is 2.32. The molecule has 1 aliphatic rings. The fourth-order valence-corrected chi connectivity index (χ4v) is 3.45. The van der Waals surface area contributed by atoms with E-state index < -0.39 is 0 Å². The molecule has 6 heteroatoms. The maximum absolute atomic E-state index is 4.58. The molecule has 0 bridgehead atoms. The first kappa shape index (κ1) is 16.6. The lowest BCUT2D eigenvalue weighted by atomic mass is 9.96. The van der Waals surface area contributed by atoms with Crippen molar-refractivity contribution in [3.05, 3.63) is 72.6 Å². The standard InChI is InChI=1S/C20H22N6/c1-2-12-26(15-16-6-8-21-9-7-16)18(3-1)17-4-5-19(24-13-17)25-20-14-22-10-11-23-20/h4-11,13-14,18H,1-3,12,15H2,(H,23,24,25)/t18-/m0/s1. The lowest BCUT2D eigenvalue weighted by molar-refractivity contribution is 0.140. The molecule has 26 heavy (non-hydrogen) atoms. The van der Waals surface area contributed by atoms with Gasteiger partial charge < -0.3 is 5.32 Å². The van der Waals surface area contributed by atoms with Crippen LogP contribution in [-0.4, -0.2) is 31.4 Å². The Kier molecular flexibility index (Phi) is 5.12. The quantitative estimate of drug-likeness (QED) is 0.759. The molecule has 0 aromatic carbocycles. The second kappa shape index (κ2) is 8.01. The average molecular weight is 346 g/mol. The molecule has 0 aliphatic carbocycles. The number of rotatable bonds is 5. The zero-order valence-electron chi connectivity index (χ0n) is 14.6. The Morgan fingerprint density at radius 1 is 0.885 bits per heavy atom. The van der Waals surface area contributed by atoms with Gasteiger partial charge in [-0.1, -0.05) is 12.5 Å². The molecule has 1 N–H and O–H groups in total. The Morgan fingerprint density at radius 2 is 1.81 bits per heavy atom. The van der Waals surface area contributed by atoms with Crippen LogP contribution in [0.5, 0.6) is 0 Å². The highest BCUT2D eigenvalue weighted by atomic mass is 15.2. The van der Waals surface area contributed by atoms with Crippen molar-refractivity contribution in [1.82, 2.24) is 24.8 Å². The van der Waals surface area contributed by atoms with Gasteiger partial charge in [-0.2, -0.15) is 0 Å². The van der Waals surface area contributed by atoms with Gasteiger partial charge in [0.15, 0.2) is 0 Å². The number of nitrogens with one attached hydrogen (secondary N) is 1. The number of likely N-dealkylation sites (tertiary alicyclic amines) is 1. The fourth-order valence-electron chi connectivity index (χ4n) is 3.45. The van der Waals surface area contributed by atoms with E-state index in [1.165, 1.54) is 30.4 Å². The second-order valence-corrected chi connectivity index (χ2v) is 6.53. The average Bonchev–Trinajstić information content (AvgIpc) is 2.71. The van der Waals surface area contributed by atoms with E-state index in [9.17, 15) is 0 Å². The van der Waals surface area contributed by atoms with Gasteiger partial charge >= 0.3 is 0 Å². The van der Waals surface area contributed by atoms with Crippen LogP contribution in [0.4, 0.5) is 11.6 Å². The Balaban J connectivity index is 1.47. The third kappa shape index (κ3) is 4.03. The monoisotopic (exact) mass is 346 g/mol. The number of nitrogens with zero attached hydrogens (tertiary/aromatic N) is 5. The molecule has 3 aromatic heterocycles. The van der Waals surface area contributed by atoms with Crippen molar-refractivity contribution in [2.75, 3.05) is 11.9 Å². The second-order valence-electron chi connectivity index (χ2n) is 6.53. The number of pyridine rings is 2. The molecule has 1 saturated heterocycles. The van der Waals surface area contributed by atoms with Gasteiger partial charge in [0.05, 0.1) is 6.20 Å². The number of piperidine rings is 1. The van der Waals surface area contributed by atoms with Crippen LogP contribution in [0.2, 0.25) is 0 Å². The zero-order valence-corrected chi connectivity index (χ0v) is 14.6. The van der Waals surface area contributed by atoms with Crippen LogP contribution < -0.4 is 5.32 Å². The van der Waals surface area contributed by atoms with E-state index in [1.54, 1.807) is 18.6 Å². The van der Waals surface area contributed by atoms with Gasteiger partial charge in [0, 0.05) is 43.6 Å². The predicted octanol–water partition coefficient (Wildman–Crippen LogP) is 3.74. The summed E-state index contributed by atoms with van der Waals surface area (Å²) in [6, 6.07) is 8.79. The summed E-state index contributed by atoms with van der Waals surface area (Å²) in [5, 5.41) is 3.18. The summed E-state index contributed by atoms with van der Waals surface area (Å²) in [4.78, 5) is 19.5. The van der Waals surface area contributed by atoms with Crippen LogP contribution in [0.1, 0.15) is 36.4 Å². The molecule has 1 fully saturated rings. The van der Waals surface area contributed by atoms with Crippen molar-refractivity contribution in [3.8, 4) is 0 Å². The van der Waals surface area contributed by atoms with Gasteiger partial charge in [0.25, 0.3) is 0 Å². The van der Waals surface area contributed by atoms with Crippen molar-refractivity contribution in [3.63, 3.8) is 0 Å². The van der Waals surface area contributed by atoms with Crippen molar-refractivity contribution < 1.29 is 0 Å². The minimum atomic E-state index is 0.412. The third-order valence-electron chi connectivity index (χ3n) is 4.74. The maximum Gasteiger partial charge on any atom is 0.150 e. The first-order valence-corrected chi connectivity index (χ1v) is 9.00. The van der Waals surface area contributed by atoms with E-state index in [-0.39, 0.29) is 0 Å². The van der Waals surface area contributed by atoms with Gasteiger partial charge in [-0.15, -0.1) is 0 Å². The van der Waals surface area contributed by atoms with Crippen molar-refractivity contribution in [2.45, 2.75) is 31.8 Å². The van der Waals surface area contributed by atoms with E-state index in [2.05, 4.69) is 48.4 Å². The van der Waals surface area contributed by atoms with Gasteiger partial charge in [-0.05, 0) is 48.7 Å². The normalized spacial score (nSPS) is 17.8. The Labute approximate surface area is 153 Å². The number of aromatic nitrogens is 4. The summed E-state index contributed by atoms with van der Waals surface area (Å²) < 4.78 is 0. The fraction of sp³-hybridized carbons (Fsp3) is 0.300. The molecule has 0 saturated carbocycles. The highest BCUT2D eigenvalue weighted by molar-refractivity contribution is 5.50. The summed E-state index contributed by atoms with van der Waals surface area (Å²) in [6.45, 7) is 2.07. The highest BCUT2D eigenvalue weighted by Gasteiger charge is 2.24. The smallest absolute Gasteiger partial charge is 0.150 e. The van der Waals surface area contributed by atoms with Crippen LogP contribution in [0.25, 0.3) is 0 Å². The van der Waals surface area contributed by atoms with Gasteiger partial charge in [-0.3, -0.25) is 14.9 Å². The molecular formula is C20H22N6. The van der Waals surface area contributed by atoms with Crippen molar-refractivity contribution >= 4 is 11.6 Å². The number of hydrogen-bond donors (Lipinski definition) is 1. The zero-order chi connectivity index (χ0) is 17.6. The summed E-state index contributed by atoms with van der Waals surface area (Å²) in [6.07, 6.45) is 14.4. The van der Waals surface area contributed by atoms with Crippen LogP contribution in [0, 0.1) is 0 Å². The maximum atomic E-state index is 4.58. The largest absolute Gasteiger partial charge is 0.324 e. The summed E-state index contributed by atoms with van der Waals surface area (Å²) in [7, 11) is 0.